The Labute approximate surface area is 149 Å². The van der Waals surface area contributed by atoms with Gasteiger partial charge in [-0.1, -0.05) is 23.4 Å². The van der Waals surface area contributed by atoms with E-state index >= 15 is 0 Å². The smallest absolute Gasteiger partial charge is 0.258 e. The van der Waals surface area contributed by atoms with E-state index in [2.05, 4.69) is 25.9 Å². The summed E-state index contributed by atoms with van der Waals surface area (Å²) in [6, 6.07) is 13.2. The number of tetrazole rings is 1. The number of nitrogens with one attached hydrogen (secondary N) is 2. The van der Waals surface area contributed by atoms with Crippen LogP contribution in [0.3, 0.4) is 0 Å². The number of nitrogens with zero attached hydrogens (tertiary/aromatic N) is 3. The van der Waals surface area contributed by atoms with Crippen LogP contribution in [0.1, 0.15) is 17.5 Å². The Morgan fingerprint density at radius 2 is 2.08 bits per heavy atom. The lowest BCUT2D eigenvalue weighted by atomic mass is 10.1. The van der Waals surface area contributed by atoms with Gasteiger partial charge < -0.3 is 19.9 Å². The molecule has 0 saturated heterocycles. The number of phenols is 1. The quantitative estimate of drug-likeness (QED) is 0.591. The number of aromatic amines is 1. The summed E-state index contributed by atoms with van der Waals surface area (Å²) in [6.45, 7) is 0.155. The fourth-order valence-corrected chi connectivity index (χ4v) is 2.31. The number of methoxy groups -OCH3 is 1. The molecule has 9 heteroatoms. The first-order chi connectivity index (χ1) is 12.7. The van der Waals surface area contributed by atoms with Gasteiger partial charge in [0.25, 0.3) is 5.91 Å². The molecule has 1 atom stereocenters. The van der Waals surface area contributed by atoms with Crippen molar-refractivity contribution < 1.29 is 19.4 Å². The highest BCUT2D eigenvalue weighted by atomic mass is 16.5. The maximum Gasteiger partial charge on any atom is 0.258 e. The van der Waals surface area contributed by atoms with Crippen LogP contribution in [0, 0.1) is 0 Å². The predicted octanol–water partition coefficient (Wildman–Crippen LogP) is 1.81. The van der Waals surface area contributed by atoms with Crippen LogP contribution >= 0.6 is 0 Å². The zero-order valence-electron chi connectivity index (χ0n) is 13.9. The molecule has 9 nitrogen and oxygen atoms in total. The van der Waals surface area contributed by atoms with E-state index in [0.717, 1.165) is 0 Å². The molecule has 0 aliphatic heterocycles. The van der Waals surface area contributed by atoms with Gasteiger partial charge in [-0.2, -0.15) is 5.21 Å². The third-order valence-electron chi connectivity index (χ3n) is 3.53. The summed E-state index contributed by atoms with van der Waals surface area (Å²) in [7, 11) is 1.45. The van der Waals surface area contributed by atoms with E-state index in [9.17, 15) is 9.90 Å². The molecule has 1 amide bonds. The van der Waals surface area contributed by atoms with Crippen LogP contribution in [0.25, 0.3) is 0 Å². The van der Waals surface area contributed by atoms with E-state index in [1.165, 1.54) is 19.2 Å². The van der Waals surface area contributed by atoms with Crippen molar-refractivity contribution in [3.63, 3.8) is 0 Å². The third-order valence-corrected chi connectivity index (χ3v) is 3.53. The number of hydrogen-bond acceptors (Lipinski definition) is 7. The third kappa shape index (κ3) is 4.33. The molecule has 0 radical (unpaired) electrons. The Balaban J connectivity index is 1.66. The number of aromatic nitrogens is 4. The SMILES string of the molecule is COC(C(=O)Nc1cccc(OCc2nn[nH]n2)c1)c1ccc(O)cc1. The van der Waals surface area contributed by atoms with Crippen molar-refractivity contribution in [2.45, 2.75) is 12.7 Å². The van der Waals surface area contributed by atoms with Crippen LogP contribution in [0.4, 0.5) is 5.69 Å². The minimum atomic E-state index is -0.806. The Morgan fingerprint density at radius 3 is 2.77 bits per heavy atom. The number of phenolic OH excluding ortho intramolecular Hbond substituents is 1. The highest BCUT2D eigenvalue weighted by molar-refractivity contribution is 5.95. The first-order valence-corrected chi connectivity index (χ1v) is 7.73. The largest absolute Gasteiger partial charge is 0.508 e. The normalized spacial score (nSPS) is 11.7. The Morgan fingerprint density at radius 1 is 1.27 bits per heavy atom. The van der Waals surface area contributed by atoms with Crippen LogP contribution < -0.4 is 10.1 Å². The molecule has 0 fully saturated rings. The van der Waals surface area contributed by atoms with Crippen molar-refractivity contribution in [2.24, 2.45) is 0 Å². The maximum atomic E-state index is 12.5. The summed E-state index contributed by atoms with van der Waals surface area (Å²) in [4.78, 5) is 12.5. The number of aromatic hydroxyl groups is 1. The van der Waals surface area contributed by atoms with E-state index in [1.807, 2.05) is 0 Å². The van der Waals surface area contributed by atoms with Gasteiger partial charge in [-0.25, -0.2) is 0 Å². The first-order valence-electron chi connectivity index (χ1n) is 7.73. The zero-order valence-corrected chi connectivity index (χ0v) is 13.9. The fourth-order valence-electron chi connectivity index (χ4n) is 2.31. The van der Waals surface area contributed by atoms with Crippen LogP contribution in [0.15, 0.2) is 48.5 Å². The van der Waals surface area contributed by atoms with Gasteiger partial charge in [0.1, 0.15) is 11.5 Å². The summed E-state index contributed by atoms with van der Waals surface area (Å²) in [6.07, 6.45) is -0.806. The molecule has 3 rings (SSSR count). The molecule has 0 saturated carbocycles. The molecule has 1 heterocycles. The van der Waals surface area contributed by atoms with Crippen molar-refractivity contribution in [1.82, 2.24) is 20.6 Å². The number of carbonyl (C=O) groups is 1. The molecule has 3 N–H and O–H groups in total. The molecule has 26 heavy (non-hydrogen) atoms. The van der Waals surface area contributed by atoms with Gasteiger partial charge in [-0.05, 0) is 29.8 Å². The van der Waals surface area contributed by atoms with Crippen molar-refractivity contribution in [2.75, 3.05) is 12.4 Å². The highest BCUT2D eigenvalue weighted by Gasteiger charge is 2.20. The van der Waals surface area contributed by atoms with Crippen molar-refractivity contribution in [3.8, 4) is 11.5 Å². The van der Waals surface area contributed by atoms with Crippen LogP contribution in [0.5, 0.6) is 11.5 Å². The Hall–Kier alpha value is -3.46. The molecule has 1 unspecified atom stereocenters. The lowest BCUT2D eigenvalue weighted by Gasteiger charge is -2.16. The van der Waals surface area contributed by atoms with E-state index in [4.69, 9.17) is 9.47 Å². The molecule has 3 aromatic rings. The predicted molar refractivity (Wildman–Crippen MR) is 91.4 cm³/mol. The van der Waals surface area contributed by atoms with Gasteiger partial charge in [0.05, 0.1) is 0 Å². The molecule has 1 aromatic heterocycles. The number of benzene rings is 2. The molecule has 0 bridgehead atoms. The van der Waals surface area contributed by atoms with E-state index in [-0.39, 0.29) is 18.3 Å². The van der Waals surface area contributed by atoms with Gasteiger partial charge in [-0.3, -0.25) is 4.79 Å². The summed E-state index contributed by atoms with van der Waals surface area (Å²) in [5, 5.41) is 25.5. The van der Waals surface area contributed by atoms with Crippen molar-refractivity contribution in [3.05, 3.63) is 59.9 Å². The van der Waals surface area contributed by atoms with Crippen LogP contribution in [-0.4, -0.2) is 38.7 Å². The van der Waals surface area contributed by atoms with Gasteiger partial charge in [-0.15, -0.1) is 10.2 Å². The standard InChI is InChI=1S/C17H17N5O4/c1-25-16(11-5-7-13(23)8-6-11)17(24)18-12-3-2-4-14(9-12)26-10-15-19-21-22-20-15/h2-9,16,23H,10H2,1H3,(H,18,24)(H,19,20,21,22). The summed E-state index contributed by atoms with van der Waals surface area (Å²) in [5.74, 6) is 0.751. The van der Waals surface area contributed by atoms with Gasteiger partial charge in [0, 0.05) is 18.9 Å². The summed E-state index contributed by atoms with van der Waals surface area (Å²) in [5.41, 5.74) is 1.19. The fraction of sp³-hybridized carbons (Fsp3) is 0.176. The number of carbonyl (C=O) groups excluding carboxylic acids is 1. The second kappa shape index (κ2) is 8.08. The van der Waals surface area contributed by atoms with E-state index in [0.29, 0.717) is 22.8 Å². The molecular weight excluding hydrogens is 338 g/mol. The zero-order chi connectivity index (χ0) is 18.4. The molecule has 0 aliphatic carbocycles. The number of amides is 1. The van der Waals surface area contributed by atoms with Gasteiger partial charge >= 0.3 is 0 Å². The number of H-pyrrole nitrogens is 1. The van der Waals surface area contributed by atoms with Gasteiger partial charge in [0.15, 0.2) is 12.7 Å². The average Bonchev–Trinajstić information content (AvgIpc) is 3.16. The second-order valence-electron chi connectivity index (χ2n) is 5.34. The molecule has 0 spiro atoms. The number of ether oxygens (including phenoxy) is 2. The summed E-state index contributed by atoms with van der Waals surface area (Å²) >= 11 is 0. The maximum absolute atomic E-state index is 12.5. The highest BCUT2D eigenvalue weighted by Crippen LogP contribution is 2.23. The molecular formula is C17H17N5O4. The van der Waals surface area contributed by atoms with E-state index in [1.54, 1.807) is 36.4 Å². The Kier molecular flexibility index (Phi) is 5.40. The van der Waals surface area contributed by atoms with Crippen LogP contribution in [-0.2, 0) is 16.1 Å². The minimum absolute atomic E-state index is 0.121. The minimum Gasteiger partial charge on any atom is -0.508 e. The molecule has 2 aromatic carbocycles. The second-order valence-corrected chi connectivity index (χ2v) is 5.34. The Bertz CT molecular complexity index is 852. The number of hydrogen-bond donors (Lipinski definition) is 3. The monoisotopic (exact) mass is 355 g/mol. The summed E-state index contributed by atoms with van der Waals surface area (Å²) < 4.78 is 10.8. The lowest BCUT2D eigenvalue weighted by molar-refractivity contribution is -0.126. The van der Waals surface area contributed by atoms with Crippen molar-refractivity contribution >= 4 is 11.6 Å². The molecule has 0 aliphatic rings. The average molecular weight is 355 g/mol. The number of rotatable bonds is 7. The number of anilines is 1. The topological polar surface area (TPSA) is 122 Å². The van der Waals surface area contributed by atoms with Crippen molar-refractivity contribution in [1.29, 1.82) is 0 Å². The van der Waals surface area contributed by atoms with Gasteiger partial charge in [0.2, 0.25) is 5.82 Å². The van der Waals surface area contributed by atoms with Crippen LogP contribution in [0.2, 0.25) is 0 Å². The molecule has 134 valence electrons. The lowest BCUT2D eigenvalue weighted by Crippen LogP contribution is -2.22. The van der Waals surface area contributed by atoms with E-state index < -0.39 is 6.10 Å². The first kappa shape index (κ1) is 17.4.